The first-order valence-corrected chi connectivity index (χ1v) is 15.7. The summed E-state index contributed by atoms with van der Waals surface area (Å²) in [5, 5.41) is 16.9. The van der Waals surface area contributed by atoms with E-state index in [1.165, 1.54) is 16.9 Å². The van der Waals surface area contributed by atoms with Crippen molar-refractivity contribution in [3.8, 4) is 0 Å². The molecule has 7 atom stereocenters. The van der Waals surface area contributed by atoms with Crippen LogP contribution in [0.25, 0.3) is 0 Å². The molecule has 1 heterocycles. The second-order valence-electron chi connectivity index (χ2n) is 13.4. The summed E-state index contributed by atoms with van der Waals surface area (Å²) in [5.74, 6) is 1.52. The predicted octanol–water partition coefficient (Wildman–Crippen LogP) is 5.55. The van der Waals surface area contributed by atoms with E-state index in [2.05, 4.69) is 24.3 Å². The number of allylic oxidation sites excluding steroid dienone is 1. The summed E-state index contributed by atoms with van der Waals surface area (Å²) in [6.07, 6.45) is 11.1. The summed E-state index contributed by atoms with van der Waals surface area (Å²) >= 11 is 5.41. The summed E-state index contributed by atoms with van der Waals surface area (Å²) in [7, 11) is 0. The van der Waals surface area contributed by atoms with Gasteiger partial charge in [-0.05, 0) is 99.4 Å². The molecule has 1 amide bonds. The summed E-state index contributed by atoms with van der Waals surface area (Å²) < 4.78 is 0. The minimum absolute atomic E-state index is 0.0635. The molecule has 0 radical (unpaired) electrons. The Balaban J connectivity index is 1.24. The smallest absolute Gasteiger partial charge is 0.435 e. The first-order chi connectivity index (χ1) is 19.0. The number of nitrogens with zero attached hydrogens (tertiary/aromatic N) is 2. The second-order valence-corrected chi connectivity index (χ2v) is 13.9. The number of fused-ring (bicyclic) bond motifs is 5. The van der Waals surface area contributed by atoms with Gasteiger partial charge < -0.3 is 15.3 Å². The summed E-state index contributed by atoms with van der Waals surface area (Å²) in [6, 6.07) is 0.0635. The predicted molar refractivity (Wildman–Crippen MR) is 157 cm³/mol. The lowest BCUT2D eigenvalue weighted by atomic mass is 9.46. The minimum Gasteiger partial charge on any atom is -0.481 e. The zero-order chi connectivity index (χ0) is 28.7. The third-order valence-corrected chi connectivity index (χ3v) is 11.9. The second kappa shape index (κ2) is 11.6. The first-order valence-electron chi connectivity index (χ1n) is 15.2. The zero-order valence-electron chi connectivity index (χ0n) is 24.2. The van der Waals surface area contributed by atoms with Crippen molar-refractivity contribution in [2.45, 2.75) is 97.4 Å². The maximum absolute atomic E-state index is 13.0. The zero-order valence-corrected chi connectivity index (χ0v) is 25.1. The molecule has 0 aromatic rings. The molecular weight excluding hydrogens is 526 g/mol. The Labute approximate surface area is 243 Å². The van der Waals surface area contributed by atoms with Crippen LogP contribution in [0, 0.1) is 34.5 Å². The highest BCUT2D eigenvalue weighted by Crippen LogP contribution is 2.66. The Kier molecular flexibility index (Phi) is 8.54. The van der Waals surface area contributed by atoms with Gasteiger partial charge in [-0.2, -0.15) is 0 Å². The van der Waals surface area contributed by atoms with Crippen molar-refractivity contribution in [1.82, 2.24) is 10.2 Å². The van der Waals surface area contributed by atoms with Crippen LogP contribution in [0.4, 0.5) is 4.79 Å². The number of ketones is 1. The van der Waals surface area contributed by atoms with E-state index >= 15 is 0 Å². The average molecular weight is 572 g/mol. The molecule has 2 N–H and O–H groups in total. The minimum atomic E-state index is -0.952. The van der Waals surface area contributed by atoms with Crippen LogP contribution in [0.1, 0.15) is 91.4 Å². The van der Waals surface area contributed by atoms with Crippen molar-refractivity contribution in [2.75, 3.05) is 19.6 Å². The third kappa shape index (κ3) is 5.52. The van der Waals surface area contributed by atoms with Gasteiger partial charge in [-0.15, -0.1) is 0 Å². The molecule has 8 nitrogen and oxygen atoms in total. The lowest BCUT2D eigenvalue weighted by Crippen LogP contribution is -2.51. The van der Waals surface area contributed by atoms with Crippen molar-refractivity contribution in [3.05, 3.63) is 11.6 Å². The van der Waals surface area contributed by atoms with Crippen molar-refractivity contribution in [2.24, 2.45) is 39.7 Å². The lowest BCUT2D eigenvalue weighted by Gasteiger charge is -2.58. The highest BCUT2D eigenvalue weighted by atomic mass is 32.1. The number of carboxylic acids is 1. The number of thiocarbonyl (C=S) groups is 1. The molecule has 1 saturated heterocycles. The van der Waals surface area contributed by atoms with Gasteiger partial charge in [0, 0.05) is 42.9 Å². The molecule has 9 heteroatoms. The van der Waals surface area contributed by atoms with Gasteiger partial charge in [0.25, 0.3) is 0 Å². The van der Waals surface area contributed by atoms with Crippen LogP contribution >= 0.6 is 12.2 Å². The third-order valence-electron chi connectivity index (χ3n) is 11.4. The molecule has 0 bridgehead atoms. The molecule has 4 aliphatic carbocycles. The molecule has 5 rings (SSSR count). The van der Waals surface area contributed by atoms with Gasteiger partial charge >= 0.3 is 12.1 Å². The van der Waals surface area contributed by atoms with Crippen LogP contribution in [-0.4, -0.2) is 64.1 Å². The van der Waals surface area contributed by atoms with Gasteiger partial charge in [0.15, 0.2) is 5.78 Å². The quantitative estimate of drug-likeness (QED) is 0.170. The van der Waals surface area contributed by atoms with Crippen LogP contribution in [0.5, 0.6) is 0 Å². The SMILES string of the molecule is C/C(=N\OC(=O)N(CCC(=O)O)CCC1NCCC1=S)[C@H]1CC[C@H]2[C@@H]3CCC4=CC(=O)CC[C@]4(C)[C@H]3CC[C@]12C. The van der Waals surface area contributed by atoms with E-state index in [0.717, 1.165) is 62.1 Å². The maximum Gasteiger partial charge on any atom is 0.435 e. The van der Waals surface area contributed by atoms with E-state index in [1.54, 1.807) is 0 Å². The molecule has 0 spiro atoms. The van der Waals surface area contributed by atoms with E-state index < -0.39 is 12.1 Å². The molecule has 4 fully saturated rings. The Morgan fingerprint density at radius 1 is 1.12 bits per heavy atom. The largest absolute Gasteiger partial charge is 0.481 e. The van der Waals surface area contributed by atoms with Crippen LogP contribution in [0.15, 0.2) is 16.8 Å². The average Bonchev–Trinajstić information content (AvgIpc) is 3.49. The Bertz CT molecular complexity index is 1120. The molecule has 1 unspecified atom stereocenters. The number of carboxylic acid groups (broad SMARTS) is 1. The molecular formula is C31H45N3O5S. The van der Waals surface area contributed by atoms with E-state index in [-0.39, 0.29) is 35.8 Å². The van der Waals surface area contributed by atoms with Crippen molar-refractivity contribution in [3.63, 3.8) is 0 Å². The van der Waals surface area contributed by atoms with Gasteiger partial charge in [0.2, 0.25) is 0 Å². The number of hydrogen-bond acceptors (Lipinski definition) is 7. The lowest BCUT2D eigenvalue weighted by molar-refractivity contribution is -0.137. The molecule has 3 saturated carbocycles. The van der Waals surface area contributed by atoms with E-state index in [4.69, 9.17) is 17.1 Å². The normalized spacial score (nSPS) is 37.3. The van der Waals surface area contributed by atoms with Crippen LogP contribution in [0.3, 0.4) is 0 Å². The topological polar surface area (TPSA) is 108 Å². The number of hydrogen-bond donors (Lipinski definition) is 2. The number of rotatable bonds is 8. The van der Waals surface area contributed by atoms with E-state index in [0.29, 0.717) is 42.9 Å². The van der Waals surface area contributed by atoms with Crippen molar-refractivity contribution < 1.29 is 24.3 Å². The highest BCUT2D eigenvalue weighted by Gasteiger charge is 2.59. The number of aliphatic carboxylic acids is 1. The Morgan fingerprint density at radius 2 is 1.93 bits per heavy atom. The molecule has 40 heavy (non-hydrogen) atoms. The molecule has 220 valence electrons. The Hall–Kier alpha value is -2.13. The fourth-order valence-corrected chi connectivity index (χ4v) is 9.51. The van der Waals surface area contributed by atoms with E-state index in [9.17, 15) is 19.5 Å². The monoisotopic (exact) mass is 571 g/mol. The van der Waals surface area contributed by atoms with Gasteiger partial charge in [-0.25, -0.2) is 4.79 Å². The number of carbonyl (C=O) groups excluding carboxylic acids is 2. The van der Waals surface area contributed by atoms with Gasteiger partial charge in [-0.1, -0.05) is 36.8 Å². The maximum atomic E-state index is 13.0. The molecule has 0 aromatic carbocycles. The van der Waals surface area contributed by atoms with Crippen LogP contribution < -0.4 is 5.32 Å². The van der Waals surface area contributed by atoms with E-state index in [1.807, 2.05) is 13.0 Å². The first kappa shape index (κ1) is 29.4. The standard InChI is InChI=1S/C31H45N3O5S/c1-19(33-39-29(38)34(17-12-28(36)37)16-11-26-27(40)10-15-32-26)23-6-7-24-22-5-4-20-18-21(35)8-13-30(20,2)25(22)9-14-31(23,24)3/h18,22-26,32H,4-17H2,1-3H3,(H,36,37)/b33-19+/t22-,23+,24-,25-,26?,30-,31+/m0/s1. The summed E-state index contributed by atoms with van der Waals surface area (Å²) in [5.41, 5.74) is 2.53. The van der Waals surface area contributed by atoms with Crippen molar-refractivity contribution >= 4 is 40.6 Å². The molecule has 1 aliphatic heterocycles. The number of amides is 1. The molecule has 5 aliphatic rings. The number of carbonyl (C=O) groups is 3. The highest BCUT2D eigenvalue weighted by molar-refractivity contribution is 7.80. The van der Waals surface area contributed by atoms with Crippen LogP contribution in [0.2, 0.25) is 0 Å². The Morgan fingerprint density at radius 3 is 2.65 bits per heavy atom. The summed E-state index contributed by atoms with van der Waals surface area (Å²) in [4.78, 5) is 44.2. The number of oxime groups is 1. The van der Waals surface area contributed by atoms with Crippen LogP contribution in [-0.2, 0) is 14.4 Å². The fraction of sp³-hybridized carbons (Fsp3) is 0.774. The number of nitrogens with one attached hydrogen (secondary N) is 1. The van der Waals surface area contributed by atoms with Crippen molar-refractivity contribution in [1.29, 1.82) is 0 Å². The fourth-order valence-electron chi connectivity index (χ4n) is 9.21. The summed E-state index contributed by atoms with van der Waals surface area (Å²) in [6.45, 7) is 8.10. The van der Waals surface area contributed by atoms with Gasteiger partial charge in [0.1, 0.15) is 0 Å². The van der Waals surface area contributed by atoms with Gasteiger partial charge in [0.05, 0.1) is 12.1 Å². The van der Waals surface area contributed by atoms with Gasteiger partial charge in [-0.3, -0.25) is 14.4 Å². The molecule has 0 aromatic heterocycles.